The molecule has 148 valence electrons. The number of ether oxygens (including phenoxy) is 1. The van der Waals surface area contributed by atoms with Crippen molar-refractivity contribution in [2.45, 2.75) is 26.3 Å². The molecular formula is C20H24ClN5O2. The number of nitrogens with two attached hydrogens (primary N) is 1. The number of hydrogen-bond acceptors (Lipinski definition) is 5. The summed E-state index contributed by atoms with van der Waals surface area (Å²) in [6, 6.07) is 15.2. The van der Waals surface area contributed by atoms with Gasteiger partial charge in [-0.3, -0.25) is 9.89 Å². The maximum atomic E-state index is 12.1. The summed E-state index contributed by atoms with van der Waals surface area (Å²) in [5.74, 6) is 2.01. The van der Waals surface area contributed by atoms with E-state index in [1.165, 1.54) is 0 Å². The van der Waals surface area contributed by atoms with Gasteiger partial charge in [0, 0.05) is 17.7 Å². The van der Waals surface area contributed by atoms with E-state index in [-0.39, 0.29) is 18.3 Å². The van der Waals surface area contributed by atoms with Crippen molar-refractivity contribution in [3.63, 3.8) is 0 Å². The SMILES string of the molecule is Cc1cccc(OCCCC(=O)Nc2ccc(-c3n[nH]c(CN)n3)cc2)c1.Cl. The van der Waals surface area contributed by atoms with Crippen molar-refractivity contribution >= 4 is 24.0 Å². The maximum absolute atomic E-state index is 12.1. The van der Waals surface area contributed by atoms with Crippen molar-refractivity contribution in [1.82, 2.24) is 15.2 Å². The molecule has 0 aliphatic heterocycles. The molecule has 1 heterocycles. The predicted octanol–water partition coefficient (Wildman–Crippen LogP) is 3.46. The van der Waals surface area contributed by atoms with Crippen LogP contribution >= 0.6 is 12.4 Å². The molecule has 0 atom stereocenters. The van der Waals surface area contributed by atoms with Gasteiger partial charge in [0.05, 0.1) is 13.2 Å². The van der Waals surface area contributed by atoms with Crippen LogP contribution in [-0.4, -0.2) is 27.7 Å². The number of H-pyrrole nitrogens is 1. The fourth-order valence-corrected chi connectivity index (χ4v) is 2.57. The van der Waals surface area contributed by atoms with Gasteiger partial charge in [0.1, 0.15) is 11.6 Å². The van der Waals surface area contributed by atoms with Gasteiger partial charge in [-0.15, -0.1) is 12.4 Å². The highest BCUT2D eigenvalue weighted by Crippen LogP contribution is 2.18. The normalized spacial score (nSPS) is 10.2. The molecule has 0 spiro atoms. The minimum atomic E-state index is -0.0427. The number of anilines is 1. The van der Waals surface area contributed by atoms with Gasteiger partial charge in [-0.2, -0.15) is 5.10 Å². The number of aryl methyl sites for hydroxylation is 1. The molecule has 0 saturated heterocycles. The molecule has 2 aromatic carbocycles. The first-order valence-electron chi connectivity index (χ1n) is 8.85. The van der Waals surface area contributed by atoms with Crippen LogP contribution in [0.25, 0.3) is 11.4 Å². The number of nitrogens with one attached hydrogen (secondary N) is 2. The first-order chi connectivity index (χ1) is 13.1. The van der Waals surface area contributed by atoms with Gasteiger partial charge in [-0.25, -0.2) is 4.98 Å². The number of rotatable bonds is 8. The largest absolute Gasteiger partial charge is 0.494 e. The van der Waals surface area contributed by atoms with Crippen molar-refractivity contribution < 1.29 is 9.53 Å². The van der Waals surface area contributed by atoms with Crippen LogP contribution in [0.5, 0.6) is 5.75 Å². The van der Waals surface area contributed by atoms with Gasteiger partial charge in [0.2, 0.25) is 5.91 Å². The zero-order valence-electron chi connectivity index (χ0n) is 15.6. The molecule has 1 amide bonds. The smallest absolute Gasteiger partial charge is 0.224 e. The molecule has 0 saturated carbocycles. The van der Waals surface area contributed by atoms with E-state index in [9.17, 15) is 4.79 Å². The van der Waals surface area contributed by atoms with Crippen molar-refractivity contribution in [1.29, 1.82) is 0 Å². The summed E-state index contributed by atoms with van der Waals surface area (Å²) in [6.45, 7) is 2.84. The summed E-state index contributed by atoms with van der Waals surface area (Å²) in [5, 5.41) is 9.77. The number of amides is 1. The molecule has 0 radical (unpaired) electrons. The Kier molecular flexibility index (Phi) is 7.98. The van der Waals surface area contributed by atoms with Crippen LogP contribution in [0.15, 0.2) is 48.5 Å². The van der Waals surface area contributed by atoms with Crippen LogP contribution in [0, 0.1) is 6.92 Å². The molecule has 1 aromatic heterocycles. The third-order valence-electron chi connectivity index (χ3n) is 3.96. The number of benzene rings is 2. The maximum Gasteiger partial charge on any atom is 0.224 e. The van der Waals surface area contributed by atoms with E-state index in [4.69, 9.17) is 10.5 Å². The molecule has 0 fully saturated rings. The zero-order chi connectivity index (χ0) is 19.1. The number of carbonyl (C=O) groups is 1. The van der Waals surface area contributed by atoms with Crippen molar-refractivity contribution in [3.8, 4) is 17.1 Å². The molecule has 0 bridgehead atoms. The Labute approximate surface area is 170 Å². The summed E-state index contributed by atoms with van der Waals surface area (Å²) in [6.07, 6.45) is 1.05. The Morgan fingerprint density at radius 2 is 2.00 bits per heavy atom. The molecule has 4 N–H and O–H groups in total. The first-order valence-corrected chi connectivity index (χ1v) is 8.85. The van der Waals surface area contributed by atoms with E-state index < -0.39 is 0 Å². The second-order valence-electron chi connectivity index (χ2n) is 6.20. The molecule has 7 nitrogen and oxygen atoms in total. The number of carbonyl (C=O) groups excluding carboxylic acids is 1. The Hall–Kier alpha value is -2.90. The lowest BCUT2D eigenvalue weighted by Gasteiger charge is -2.08. The van der Waals surface area contributed by atoms with Crippen LogP contribution in [-0.2, 0) is 11.3 Å². The Balaban J connectivity index is 0.00000280. The fraction of sp³-hybridized carbons (Fsp3) is 0.250. The molecule has 0 aliphatic rings. The van der Waals surface area contributed by atoms with Crippen molar-refractivity contribution in [3.05, 3.63) is 59.9 Å². The molecule has 8 heteroatoms. The lowest BCUT2D eigenvalue weighted by atomic mass is 10.2. The minimum absolute atomic E-state index is 0. The number of nitrogens with zero attached hydrogens (tertiary/aromatic N) is 2. The summed E-state index contributed by atoms with van der Waals surface area (Å²) in [7, 11) is 0. The molecule has 3 aromatic rings. The topological polar surface area (TPSA) is 106 Å². The number of aromatic amines is 1. The highest BCUT2D eigenvalue weighted by Gasteiger charge is 2.07. The van der Waals surface area contributed by atoms with E-state index in [1.54, 1.807) is 0 Å². The van der Waals surface area contributed by atoms with Gasteiger partial charge >= 0.3 is 0 Å². The summed E-state index contributed by atoms with van der Waals surface area (Å²) < 4.78 is 5.66. The van der Waals surface area contributed by atoms with Gasteiger partial charge in [-0.05, 0) is 55.3 Å². The van der Waals surface area contributed by atoms with Crippen LogP contribution in [0.3, 0.4) is 0 Å². The van der Waals surface area contributed by atoms with Crippen LogP contribution in [0.2, 0.25) is 0 Å². The lowest BCUT2D eigenvalue weighted by Crippen LogP contribution is -2.12. The zero-order valence-corrected chi connectivity index (χ0v) is 16.5. The Morgan fingerprint density at radius 3 is 2.68 bits per heavy atom. The van der Waals surface area contributed by atoms with E-state index in [1.807, 2.05) is 55.5 Å². The molecule has 3 rings (SSSR count). The average Bonchev–Trinajstić information content (AvgIpc) is 3.15. The Bertz CT molecular complexity index is 896. The van der Waals surface area contributed by atoms with Gasteiger partial charge in [-0.1, -0.05) is 12.1 Å². The monoisotopic (exact) mass is 401 g/mol. The molecule has 28 heavy (non-hydrogen) atoms. The molecule has 0 unspecified atom stereocenters. The van der Waals surface area contributed by atoms with E-state index in [2.05, 4.69) is 20.5 Å². The third kappa shape index (κ3) is 6.07. The van der Waals surface area contributed by atoms with E-state index >= 15 is 0 Å². The van der Waals surface area contributed by atoms with Crippen LogP contribution in [0.4, 0.5) is 5.69 Å². The highest BCUT2D eigenvalue weighted by atomic mass is 35.5. The minimum Gasteiger partial charge on any atom is -0.494 e. The molecular weight excluding hydrogens is 378 g/mol. The fourth-order valence-electron chi connectivity index (χ4n) is 2.57. The average molecular weight is 402 g/mol. The second kappa shape index (κ2) is 10.4. The number of hydrogen-bond donors (Lipinski definition) is 3. The lowest BCUT2D eigenvalue weighted by molar-refractivity contribution is -0.116. The summed E-state index contributed by atoms with van der Waals surface area (Å²) >= 11 is 0. The van der Waals surface area contributed by atoms with Crippen LogP contribution < -0.4 is 15.8 Å². The van der Waals surface area contributed by atoms with Crippen LogP contribution in [0.1, 0.15) is 24.2 Å². The summed E-state index contributed by atoms with van der Waals surface area (Å²) in [5.41, 5.74) is 8.26. The van der Waals surface area contributed by atoms with Crippen molar-refractivity contribution in [2.75, 3.05) is 11.9 Å². The van der Waals surface area contributed by atoms with Crippen molar-refractivity contribution in [2.24, 2.45) is 5.73 Å². The Morgan fingerprint density at radius 1 is 1.21 bits per heavy atom. The number of halogens is 1. The quantitative estimate of drug-likeness (QED) is 0.501. The number of aromatic nitrogens is 3. The van der Waals surface area contributed by atoms with E-state index in [0.29, 0.717) is 37.6 Å². The summed E-state index contributed by atoms with van der Waals surface area (Å²) in [4.78, 5) is 16.3. The second-order valence-corrected chi connectivity index (χ2v) is 6.20. The van der Waals surface area contributed by atoms with Gasteiger partial charge in [0.15, 0.2) is 5.82 Å². The van der Waals surface area contributed by atoms with Gasteiger partial charge in [0.25, 0.3) is 0 Å². The predicted molar refractivity (Wildman–Crippen MR) is 111 cm³/mol. The van der Waals surface area contributed by atoms with E-state index in [0.717, 1.165) is 22.6 Å². The standard InChI is InChI=1S/C20H23N5O2.ClH/c1-14-4-2-5-17(12-14)27-11-3-6-19(26)22-16-9-7-15(8-10-16)20-23-18(13-21)24-25-20;/h2,4-5,7-10,12H,3,6,11,13,21H2,1H3,(H,22,26)(H,23,24,25);1H. The highest BCUT2D eigenvalue weighted by molar-refractivity contribution is 5.90. The molecule has 0 aliphatic carbocycles. The first kappa shape index (κ1) is 21.4. The van der Waals surface area contributed by atoms with Gasteiger partial charge < -0.3 is 15.8 Å². The third-order valence-corrected chi connectivity index (χ3v) is 3.96.